The van der Waals surface area contributed by atoms with Crippen molar-refractivity contribution in [3.63, 3.8) is 0 Å². The van der Waals surface area contributed by atoms with Crippen LogP contribution < -0.4 is 15.4 Å². The summed E-state index contributed by atoms with van der Waals surface area (Å²) in [4.78, 5) is 11.7. The molecule has 0 aliphatic heterocycles. The third-order valence-corrected chi connectivity index (χ3v) is 4.89. The topological polar surface area (TPSA) is 85.4 Å². The van der Waals surface area contributed by atoms with Crippen molar-refractivity contribution in [2.24, 2.45) is 0 Å². The molecule has 0 spiro atoms. The predicted molar refractivity (Wildman–Crippen MR) is 96.4 cm³/mol. The maximum absolute atomic E-state index is 11.7. The number of thioether (sulfide) groups is 1. The van der Waals surface area contributed by atoms with Gasteiger partial charge in [-0.25, -0.2) is 0 Å². The highest BCUT2D eigenvalue weighted by Crippen LogP contribution is 2.28. The zero-order valence-corrected chi connectivity index (χ0v) is 15.2. The summed E-state index contributed by atoms with van der Waals surface area (Å²) in [7, 11) is 3.27. The molecule has 1 amide bonds. The number of aromatic nitrogens is 2. The number of nitrogens with zero attached hydrogens (tertiary/aromatic N) is 2. The van der Waals surface area contributed by atoms with Gasteiger partial charge in [-0.05, 0) is 30.7 Å². The Morgan fingerprint density at radius 1 is 1.25 bits per heavy atom. The van der Waals surface area contributed by atoms with Crippen molar-refractivity contribution >= 4 is 39.8 Å². The van der Waals surface area contributed by atoms with Gasteiger partial charge >= 0.3 is 0 Å². The molecule has 2 aromatic rings. The molecule has 0 saturated carbocycles. The van der Waals surface area contributed by atoms with Crippen molar-refractivity contribution in [2.75, 3.05) is 38.4 Å². The second-order valence-electron chi connectivity index (χ2n) is 4.71. The van der Waals surface area contributed by atoms with E-state index in [0.717, 1.165) is 22.2 Å². The Morgan fingerprint density at radius 3 is 2.75 bits per heavy atom. The first-order valence-corrected chi connectivity index (χ1v) is 9.14. The molecule has 2 N–H and O–H groups in total. The first-order valence-electron chi connectivity index (χ1n) is 7.34. The van der Waals surface area contributed by atoms with Crippen LogP contribution in [-0.2, 0) is 9.53 Å². The van der Waals surface area contributed by atoms with Gasteiger partial charge in [0.05, 0.1) is 12.9 Å². The van der Waals surface area contributed by atoms with Gasteiger partial charge in [-0.3, -0.25) is 4.79 Å². The Kier molecular flexibility index (Phi) is 7.80. The van der Waals surface area contributed by atoms with Crippen molar-refractivity contribution in [3.05, 3.63) is 24.3 Å². The molecule has 1 aromatic heterocycles. The van der Waals surface area contributed by atoms with E-state index in [1.54, 1.807) is 14.2 Å². The zero-order chi connectivity index (χ0) is 17.2. The van der Waals surface area contributed by atoms with E-state index in [4.69, 9.17) is 9.47 Å². The lowest BCUT2D eigenvalue weighted by Crippen LogP contribution is -2.26. The normalized spacial score (nSPS) is 10.4. The molecular formula is C15H20N4O3S2. The minimum atomic E-state index is -0.0176. The summed E-state index contributed by atoms with van der Waals surface area (Å²) in [6.45, 7) is 1.26. The van der Waals surface area contributed by atoms with Gasteiger partial charge in [0, 0.05) is 25.9 Å². The highest BCUT2D eigenvalue weighted by molar-refractivity contribution is 8.01. The number of amides is 1. The zero-order valence-electron chi connectivity index (χ0n) is 13.6. The van der Waals surface area contributed by atoms with E-state index in [-0.39, 0.29) is 5.91 Å². The summed E-state index contributed by atoms with van der Waals surface area (Å²) in [6, 6.07) is 7.54. The highest BCUT2D eigenvalue weighted by atomic mass is 32.2. The molecule has 24 heavy (non-hydrogen) atoms. The molecular weight excluding hydrogens is 348 g/mol. The fraction of sp³-hybridized carbons (Fsp3) is 0.400. The SMILES string of the molecule is COCCCNC(=O)CSc1nnc(Nc2ccc(OC)cc2)s1. The predicted octanol–water partition coefficient (Wildman–Crippen LogP) is 2.54. The largest absolute Gasteiger partial charge is 0.497 e. The summed E-state index contributed by atoms with van der Waals surface area (Å²) in [5.74, 6) is 1.10. The van der Waals surface area contributed by atoms with Crippen LogP contribution in [0, 0.1) is 0 Å². The minimum absolute atomic E-state index is 0.0176. The highest BCUT2D eigenvalue weighted by Gasteiger charge is 2.08. The number of carbonyl (C=O) groups is 1. The van der Waals surface area contributed by atoms with Crippen LogP contribution in [-0.4, -0.2) is 49.2 Å². The standard InChI is InChI=1S/C15H20N4O3S2/c1-21-9-3-8-16-13(20)10-23-15-19-18-14(24-15)17-11-4-6-12(22-2)7-5-11/h4-7H,3,8-10H2,1-2H3,(H,16,20)(H,17,18). The van der Waals surface area contributed by atoms with Gasteiger partial charge in [0.2, 0.25) is 11.0 Å². The Balaban J connectivity index is 1.75. The molecule has 1 aromatic carbocycles. The van der Waals surface area contributed by atoms with Gasteiger partial charge < -0.3 is 20.1 Å². The van der Waals surface area contributed by atoms with E-state index in [2.05, 4.69) is 20.8 Å². The van der Waals surface area contributed by atoms with E-state index in [0.29, 0.717) is 24.0 Å². The first-order chi connectivity index (χ1) is 11.7. The summed E-state index contributed by atoms with van der Waals surface area (Å²) >= 11 is 2.78. The summed E-state index contributed by atoms with van der Waals surface area (Å²) in [5, 5.41) is 14.8. The number of methoxy groups -OCH3 is 2. The van der Waals surface area contributed by atoms with Gasteiger partial charge in [-0.2, -0.15) is 0 Å². The number of anilines is 2. The number of hydrogen-bond acceptors (Lipinski definition) is 8. The average molecular weight is 368 g/mol. The fourth-order valence-corrected chi connectivity index (χ4v) is 3.34. The molecule has 2 rings (SSSR count). The van der Waals surface area contributed by atoms with Crippen LogP contribution in [0.15, 0.2) is 28.6 Å². The number of benzene rings is 1. The van der Waals surface area contributed by atoms with Crippen molar-refractivity contribution in [1.82, 2.24) is 15.5 Å². The van der Waals surface area contributed by atoms with E-state index in [1.807, 2.05) is 24.3 Å². The van der Waals surface area contributed by atoms with Crippen LogP contribution in [0.4, 0.5) is 10.8 Å². The minimum Gasteiger partial charge on any atom is -0.497 e. The van der Waals surface area contributed by atoms with Gasteiger partial charge in [0.1, 0.15) is 5.75 Å². The van der Waals surface area contributed by atoms with Crippen LogP contribution in [0.1, 0.15) is 6.42 Å². The summed E-state index contributed by atoms with van der Waals surface area (Å²) in [6.07, 6.45) is 0.807. The lowest BCUT2D eigenvalue weighted by molar-refractivity contribution is -0.118. The van der Waals surface area contributed by atoms with Gasteiger partial charge in [-0.1, -0.05) is 23.1 Å². The van der Waals surface area contributed by atoms with Crippen molar-refractivity contribution in [3.8, 4) is 5.75 Å². The third-order valence-electron chi connectivity index (χ3n) is 2.92. The van der Waals surface area contributed by atoms with E-state index in [1.165, 1.54) is 23.1 Å². The molecule has 0 aliphatic carbocycles. The fourth-order valence-electron chi connectivity index (χ4n) is 1.74. The summed E-state index contributed by atoms with van der Waals surface area (Å²) < 4.78 is 10.8. The molecule has 0 fully saturated rings. The van der Waals surface area contributed by atoms with Crippen molar-refractivity contribution in [2.45, 2.75) is 10.8 Å². The number of nitrogens with one attached hydrogen (secondary N) is 2. The van der Waals surface area contributed by atoms with Crippen LogP contribution in [0.25, 0.3) is 0 Å². The Hall–Kier alpha value is -1.84. The molecule has 0 radical (unpaired) electrons. The molecule has 7 nitrogen and oxygen atoms in total. The molecule has 0 unspecified atom stereocenters. The Labute approximate surface area is 149 Å². The van der Waals surface area contributed by atoms with Crippen molar-refractivity contribution < 1.29 is 14.3 Å². The smallest absolute Gasteiger partial charge is 0.230 e. The molecule has 0 aliphatic rings. The lowest BCUT2D eigenvalue weighted by Gasteiger charge is -2.03. The lowest BCUT2D eigenvalue weighted by atomic mass is 10.3. The van der Waals surface area contributed by atoms with E-state index in [9.17, 15) is 4.79 Å². The maximum Gasteiger partial charge on any atom is 0.230 e. The summed E-state index contributed by atoms with van der Waals surface area (Å²) in [5.41, 5.74) is 0.902. The Bertz CT molecular complexity index is 634. The molecule has 0 atom stereocenters. The second-order valence-corrected chi connectivity index (χ2v) is 6.91. The molecule has 9 heteroatoms. The van der Waals surface area contributed by atoms with Crippen LogP contribution >= 0.6 is 23.1 Å². The second kappa shape index (κ2) is 10.1. The van der Waals surface area contributed by atoms with Gasteiger partial charge in [-0.15, -0.1) is 10.2 Å². The maximum atomic E-state index is 11.7. The number of ether oxygens (including phenoxy) is 2. The molecule has 130 valence electrons. The Morgan fingerprint density at radius 2 is 2.04 bits per heavy atom. The van der Waals surface area contributed by atoms with Crippen molar-refractivity contribution in [1.29, 1.82) is 0 Å². The number of hydrogen-bond donors (Lipinski definition) is 2. The molecule has 0 saturated heterocycles. The van der Waals surface area contributed by atoms with Gasteiger partial charge in [0.15, 0.2) is 4.34 Å². The third kappa shape index (κ3) is 6.34. The monoisotopic (exact) mass is 368 g/mol. The number of rotatable bonds is 10. The first kappa shape index (κ1) is 18.5. The van der Waals surface area contributed by atoms with Gasteiger partial charge in [0.25, 0.3) is 0 Å². The van der Waals surface area contributed by atoms with Crippen LogP contribution in [0.3, 0.4) is 0 Å². The van der Waals surface area contributed by atoms with E-state index >= 15 is 0 Å². The average Bonchev–Trinajstić information content (AvgIpc) is 3.05. The molecule has 0 bridgehead atoms. The molecule has 1 heterocycles. The van der Waals surface area contributed by atoms with Crippen LogP contribution in [0.2, 0.25) is 0 Å². The van der Waals surface area contributed by atoms with E-state index < -0.39 is 0 Å². The number of carbonyl (C=O) groups excluding carboxylic acids is 1. The quantitative estimate of drug-likeness (QED) is 0.492. The van der Waals surface area contributed by atoms with Crippen LogP contribution in [0.5, 0.6) is 5.75 Å².